The number of nitrogens with one attached hydrogen (secondary N) is 1. The van der Waals surface area contributed by atoms with Crippen molar-refractivity contribution in [1.29, 1.82) is 0 Å². The average molecular weight is 521 g/mol. The molecule has 2 atom stereocenters. The van der Waals surface area contributed by atoms with Crippen LogP contribution in [0.2, 0.25) is 0 Å². The Morgan fingerprint density at radius 3 is 2.21 bits per heavy atom. The van der Waals surface area contributed by atoms with Gasteiger partial charge in [0.25, 0.3) is 0 Å². The van der Waals surface area contributed by atoms with Crippen LogP contribution in [0.25, 0.3) is 0 Å². The number of aryl methyl sites for hydroxylation is 1. The van der Waals surface area contributed by atoms with E-state index in [-0.39, 0.29) is 24.3 Å². The Labute approximate surface area is 211 Å². The Morgan fingerprint density at radius 1 is 0.912 bits per heavy atom. The predicted molar refractivity (Wildman–Crippen MR) is 141 cm³/mol. The highest BCUT2D eigenvalue weighted by Gasteiger charge is 2.31. The van der Waals surface area contributed by atoms with Crippen molar-refractivity contribution in [2.75, 3.05) is 0 Å². The van der Waals surface area contributed by atoms with Crippen LogP contribution in [0.5, 0.6) is 0 Å². The molecule has 0 fully saturated rings. The standard InChI is InChI=1S/C29H33BrN2O2/c1-4-22(3)31-29(34)27(18-23-11-6-5-7-12-23)32(20-24-14-16-26(30)17-15-24)28(33)19-25-13-9-8-10-21(25)2/h5-17,22,27H,4,18-20H2,1-3H3,(H,31,34)/t22-,27+/m1/s1. The zero-order valence-corrected chi connectivity index (χ0v) is 21.7. The van der Waals surface area contributed by atoms with Crippen LogP contribution in [0.4, 0.5) is 0 Å². The van der Waals surface area contributed by atoms with E-state index in [9.17, 15) is 9.59 Å². The minimum Gasteiger partial charge on any atom is -0.352 e. The van der Waals surface area contributed by atoms with Crippen LogP contribution >= 0.6 is 15.9 Å². The molecule has 0 bridgehead atoms. The van der Waals surface area contributed by atoms with Gasteiger partial charge >= 0.3 is 0 Å². The topological polar surface area (TPSA) is 49.4 Å². The van der Waals surface area contributed by atoms with Gasteiger partial charge in [-0.3, -0.25) is 9.59 Å². The zero-order chi connectivity index (χ0) is 24.5. The summed E-state index contributed by atoms with van der Waals surface area (Å²) in [6.07, 6.45) is 1.54. The molecule has 3 rings (SSSR count). The number of benzene rings is 3. The van der Waals surface area contributed by atoms with Crippen molar-refractivity contribution in [3.63, 3.8) is 0 Å². The summed E-state index contributed by atoms with van der Waals surface area (Å²) in [7, 11) is 0. The second-order valence-corrected chi connectivity index (χ2v) is 9.69. The molecule has 3 aromatic carbocycles. The molecule has 0 heterocycles. The summed E-state index contributed by atoms with van der Waals surface area (Å²) in [5.41, 5.74) is 4.06. The molecule has 0 aromatic heterocycles. The number of carbonyl (C=O) groups is 2. The molecule has 34 heavy (non-hydrogen) atoms. The van der Waals surface area contributed by atoms with E-state index in [0.29, 0.717) is 13.0 Å². The third kappa shape index (κ3) is 7.29. The summed E-state index contributed by atoms with van der Waals surface area (Å²) >= 11 is 3.48. The van der Waals surface area contributed by atoms with Crippen LogP contribution in [0.1, 0.15) is 42.5 Å². The Morgan fingerprint density at radius 2 is 1.56 bits per heavy atom. The van der Waals surface area contributed by atoms with Crippen molar-refractivity contribution in [2.24, 2.45) is 0 Å². The maximum atomic E-state index is 13.8. The fraction of sp³-hybridized carbons (Fsp3) is 0.310. The van der Waals surface area contributed by atoms with Gasteiger partial charge in [-0.2, -0.15) is 0 Å². The lowest BCUT2D eigenvalue weighted by Gasteiger charge is -2.32. The zero-order valence-electron chi connectivity index (χ0n) is 20.1. The lowest BCUT2D eigenvalue weighted by atomic mass is 10.00. The lowest BCUT2D eigenvalue weighted by Crippen LogP contribution is -2.52. The second kappa shape index (κ2) is 12.5. The molecule has 2 amide bonds. The summed E-state index contributed by atoms with van der Waals surface area (Å²) in [4.78, 5) is 29.0. The van der Waals surface area contributed by atoms with Crippen molar-refractivity contribution in [2.45, 2.75) is 58.7 Å². The van der Waals surface area contributed by atoms with Gasteiger partial charge in [-0.05, 0) is 54.7 Å². The van der Waals surface area contributed by atoms with Gasteiger partial charge in [-0.15, -0.1) is 0 Å². The summed E-state index contributed by atoms with van der Waals surface area (Å²) in [5, 5.41) is 3.12. The van der Waals surface area contributed by atoms with E-state index in [2.05, 4.69) is 21.2 Å². The smallest absolute Gasteiger partial charge is 0.243 e. The van der Waals surface area contributed by atoms with Crippen LogP contribution < -0.4 is 5.32 Å². The van der Waals surface area contributed by atoms with E-state index < -0.39 is 6.04 Å². The monoisotopic (exact) mass is 520 g/mol. The number of hydrogen-bond donors (Lipinski definition) is 1. The van der Waals surface area contributed by atoms with Crippen molar-refractivity contribution in [3.05, 3.63) is 106 Å². The second-order valence-electron chi connectivity index (χ2n) is 8.77. The Bertz CT molecular complexity index is 1080. The number of rotatable bonds is 10. The first kappa shape index (κ1) is 25.7. The number of amides is 2. The van der Waals surface area contributed by atoms with Gasteiger partial charge in [0.05, 0.1) is 6.42 Å². The van der Waals surface area contributed by atoms with Gasteiger partial charge in [-0.25, -0.2) is 0 Å². The molecule has 0 aliphatic rings. The highest BCUT2D eigenvalue weighted by atomic mass is 79.9. The highest BCUT2D eigenvalue weighted by molar-refractivity contribution is 9.10. The van der Waals surface area contributed by atoms with Crippen LogP contribution in [0.3, 0.4) is 0 Å². The van der Waals surface area contributed by atoms with Gasteiger partial charge in [0, 0.05) is 23.5 Å². The van der Waals surface area contributed by atoms with Crippen LogP contribution in [0.15, 0.2) is 83.3 Å². The molecular formula is C29H33BrN2O2. The molecule has 0 spiro atoms. The highest BCUT2D eigenvalue weighted by Crippen LogP contribution is 2.19. The number of hydrogen-bond acceptors (Lipinski definition) is 2. The predicted octanol–water partition coefficient (Wildman–Crippen LogP) is 5.85. The minimum atomic E-state index is -0.614. The van der Waals surface area contributed by atoms with Gasteiger partial charge in [-0.1, -0.05) is 89.6 Å². The van der Waals surface area contributed by atoms with Crippen molar-refractivity contribution in [3.8, 4) is 0 Å². The summed E-state index contributed by atoms with van der Waals surface area (Å²) in [6, 6.07) is 25.1. The van der Waals surface area contributed by atoms with Gasteiger partial charge in [0.1, 0.15) is 6.04 Å². The van der Waals surface area contributed by atoms with Gasteiger partial charge in [0.15, 0.2) is 0 Å². The fourth-order valence-electron chi connectivity index (χ4n) is 3.85. The van der Waals surface area contributed by atoms with E-state index in [1.54, 1.807) is 4.90 Å². The average Bonchev–Trinajstić information content (AvgIpc) is 2.84. The van der Waals surface area contributed by atoms with Crippen molar-refractivity contribution >= 4 is 27.7 Å². The third-order valence-electron chi connectivity index (χ3n) is 6.14. The molecule has 0 aliphatic carbocycles. The van der Waals surface area contributed by atoms with Crippen LogP contribution in [-0.4, -0.2) is 28.8 Å². The Hall–Kier alpha value is -2.92. The van der Waals surface area contributed by atoms with E-state index in [1.165, 1.54) is 0 Å². The van der Waals surface area contributed by atoms with Crippen LogP contribution in [0, 0.1) is 6.92 Å². The van der Waals surface area contributed by atoms with E-state index in [0.717, 1.165) is 33.1 Å². The van der Waals surface area contributed by atoms with Gasteiger partial charge < -0.3 is 10.2 Å². The molecule has 0 radical (unpaired) electrons. The maximum Gasteiger partial charge on any atom is 0.243 e. The quantitative estimate of drug-likeness (QED) is 0.364. The summed E-state index contributed by atoms with van der Waals surface area (Å²) in [5.74, 6) is -0.175. The first-order chi connectivity index (χ1) is 16.4. The first-order valence-corrected chi connectivity index (χ1v) is 12.6. The van der Waals surface area contributed by atoms with Crippen molar-refractivity contribution in [1.82, 2.24) is 10.2 Å². The molecular weight excluding hydrogens is 488 g/mol. The van der Waals surface area contributed by atoms with Crippen LogP contribution in [-0.2, 0) is 29.0 Å². The van der Waals surface area contributed by atoms with E-state index in [4.69, 9.17) is 0 Å². The molecule has 5 heteroatoms. The Balaban J connectivity index is 1.97. The van der Waals surface area contributed by atoms with E-state index in [1.807, 2.05) is 99.6 Å². The van der Waals surface area contributed by atoms with Crippen molar-refractivity contribution < 1.29 is 9.59 Å². The number of nitrogens with zero attached hydrogens (tertiary/aromatic N) is 1. The fourth-order valence-corrected chi connectivity index (χ4v) is 4.12. The maximum absolute atomic E-state index is 13.8. The Kier molecular flexibility index (Phi) is 9.46. The molecule has 178 valence electrons. The minimum absolute atomic E-state index is 0.0340. The number of carbonyl (C=O) groups excluding carboxylic acids is 2. The molecule has 0 aliphatic heterocycles. The molecule has 0 saturated carbocycles. The molecule has 0 unspecified atom stereocenters. The summed E-state index contributed by atoms with van der Waals surface area (Å²) < 4.78 is 0.976. The molecule has 1 N–H and O–H groups in total. The van der Waals surface area contributed by atoms with E-state index >= 15 is 0 Å². The number of halogens is 1. The summed E-state index contributed by atoms with van der Waals surface area (Å²) in [6.45, 7) is 6.41. The first-order valence-electron chi connectivity index (χ1n) is 11.8. The normalized spacial score (nSPS) is 12.6. The molecule has 3 aromatic rings. The molecule has 0 saturated heterocycles. The SMILES string of the molecule is CC[C@@H](C)NC(=O)[C@H](Cc1ccccc1)N(Cc1ccc(Br)cc1)C(=O)Cc1ccccc1C. The van der Waals surface area contributed by atoms with Gasteiger partial charge in [0.2, 0.25) is 11.8 Å². The third-order valence-corrected chi connectivity index (χ3v) is 6.67. The largest absolute Gasteiger partial charge is 0.352 e. The molecule has 4 nitrogen and oxygen atoms in total. The lowest BCUT2D eigenvalue weighted by molar-refractivity contribution is -0.141.